The fourth-order valence-corrected chi connectivity index (χ4v) is 6.55. The molecule has 0 spiro atoms. The Morgan fingerprint density at radius 2 is 0.879 bits per heavy atom. The van der Waals surface area contributed by atoms with Gasteiger partial charge in [-0.25, -0.2) is 0 Å². The third-order valence-corrected chi connectivity index (χ3v) is 9.25. The highest BCUT2D eigenvalue weighted by Gasteiger charge is 2.33. The van der Waals surface area contributed by atoms with Crippen LogP contribution in [-0.2, 0) is 0 Å². The number of alkyl halides is 1. The normalized spacial score (nSPS) is 12.7. The van der Waals surface area contributed by atoms with E-state index in [1.165, 1.54) is 159 Å². The maximum Gasteiger partial charge on any atom is 0.141 e. The molecule has 0 saturated carbocycles. The quantitative estimate of drug-likeness (QED) is 0.0241. The summed E-state index contributed by atoms with van der Waals surface area (Å²) >= 11 is 2.74. The molecule has 1 unspecified atom stereocenters. The lowest BCUT2D eigenvalue weighted by Gasteiger charge is -2.42. The second-order valence-corrected chi connectivity index (χ2v) is 12.1. The van der Waals surface area contributed by atoms with Crippen molar-refractivity contribution in [3.63, 3.8) is 0 Å². The van der Waals surface area contributed by atoms with Gasteiger partial charge < -0.3 is 4.48 Å². The highest BCUT2D eigenvalue weighted by atomic mass is 127. The number of quaternary nitrogens is 1. The van der Waals surface area contributed by atoms with Crippen LogP contribution < -0.4 is 0 Å². The summed E-state index contributed by atoms with van der Waals surface area (Å²) in [6.45, 7) is 10.5. The summed E-state index contributed by atoms with van der Waals surface area (Å²) < 4.78 is 1.86. The van der Waals surface area contributed by atoms with Crippen molar-refractivity contribution in [2.24, 2.45) is 0 Å². The third-order valence-electron chi connectivity index (χ3n) is 7.44. The van der Waals surface area contributed by atoms with Gasteiger partial charge in [-0.05, 0) is 60.6 Å². The van der Waals surface area contributed by atoms with Gasteiger partial charge in [0.1, 0.15) is 10.6 Å². The Kier molecular flexibility index (Phi) is 25.5. The van der Waals surface area contributed by atoms with Crippen LogP contribution in [0.5, 0.6) is 0 Å². The maximum absolute atomic E-state index is 5.92. The maximum atomic E-state index is 5.92. The summed E-state index contributed by atoms with van der Waals surface area (Å²) in [4.78, 5) is 0. The number of hydrogen-bond donors (Lipinski definition) is 0. The molecule has 0 aliphatic carbocycles. The summed E-state index contributed by atoms with van der Waals surface area (Å²) in [5.74, 6) is 3.09. The molecule has 0 amide bonds. The lowest BCUT2D eigenvalue weighted by molar-refractivity contribution is -0.928. The number of nitrogens with zero attached hydrogens (tertiary/aromatic N) is 1. The Balaban J connectivity index is 4.24. The molecule has 0 fully saturated rings. The average molecular weight is 575 g/mol. The van der Waals surface area contributed by atoms with Crippen LogP contribution in [0.2, 0.25) is 0 Å². The van der Waals surface area contributed by atoms with Crippen LogP contribution in [0.3, 0.4) is 0 Å². The van der Waals surface area contributed by atoms with Crippen molar-refractivity contribution in [3.8, 4) is 12.3 Å². The molecule has 0 aromatic heterocycles. The average Bonchev–Trinajstić information content (AvgIpc) is 2.81. The van der Waals surface area contributed by atoms with Gasteiger partial charge in [-0.1, -0.05) is 124 Å². The Morgan fingerprint density at radius 1 is 0.545 bits per heavy atom. The van der Waals surface area contributed by atoms with Gasteiger partial charge in [0, 0.05) is 6.42 Å². The second-order valence-electron chi connectivity index (χ2n) is 10.6. The zero-order valence-electron chi connectivity index (χ0n) is 23.2. The van der Waals surface area contributed by atoms with Gasteiger partial charge in [0.15, 0.2) is 0 Å². The lowest BCUT2D eigenvalue weighted by atomic mass is 10.0. The summed E-state index contributed by atoms with van der Waals surface area (Å²) in [6, 6.07) is 0. The van der Waals surface area contributed by atoms with E-state index < -0.39 is 0 Å². The van der Waals surface area contributed by atoms with Crippen LogP contribution in [0.25, 0.3) is 0 Å². The van der Waals surface area contributed by atoms with E-state index in [0.29, 0.717) is 4.05 Å². The SMILES string of the molecule is C#CC[N+](CCCCCCCCCCCC)(CCCCCCCCCCCC)C(I)CCC. The zero-order chi connectivity index (χ0) is 24.5. The van der Waals surface area contributed by atoms with Crippen LogP contribution in [-0.4, -0.2) is 28.2 Å². The smallest absolute Gasteiger partial charge is 0.141 e. The van der Waals surface area contributed by atoms with Crippen molar-refractivity contribution in [1.82, 2.24) is 0 Å². The van der Waals surface area contributed by atoms with E-state index in [4.69, 9.17) is 6.42 Å². The molecule has 0 radical (unpaired) electrons. The fraction of sp³-hybridized carbons (Fsp3) is 0.935. The Bertz CT molecular complexity index is 403. The molecule has 0 aromatic rings. The van der Waals surface area contributed by atoms with E-state index in [1.807, 2.05) is 0 Å². The van der Waals surface area contributed by atoms with Gasteiger partial charge in [0.25, 0.3) is 0 Å². The molecule has 0 bridgehead atoms. The molecule has 0 rings (SSSR count). The number of terminal acetylenes is 1. The molecular weight excluding hydrogens is 513 g/mol. The third kappa shape index (κ3) is 19.2. The van der Waals surface area contributed by atoms with E-state index in [9.17, 15) is 0 Å². The van der Waals surface area contributed by atoms with Crippen molar-refractivity contribution < 1.29 is 4.48 Å². The van der Waals surface area contributed by atoms with Crippen LogP contribution >= 0.6 is 22.6 Å². The molecule has 0 aromatic carbocycles. The number of unbranched alkanes of at least 4 members (excludes halogenated alkanes) is 18. The summed E-state index contributed by atoms with van der Waals surface area (Å²) in [5.41, 5.74) is 0. The topological polar surface area (TPSA) is 0 Å². The van der Waals surface area contributed by atoms with Crippen LogP contribution in [0.15, 0.2) is 0 Å². The first-order valence-electron chi connectivity index (χ1n) is 15.1. The molecule has 33 heavy (non-hydrogen) atoms. The van der Waals surface area contributed by atoms with E-state index in [0.717, 1.165) is 6.54 Å². The van der Waals surface area contributed by atoms with E-state index in [2.05, 4.69) is 49.3 Å². The van der Waals surface area contributed by atoms with Gasteiger partial charge in [-0.15, -0.1) is 6.42 Å². The number of hydrogen-bond acceptors (Lipinski definition) is 0. The largest absolute Gasteiger partial charge is 0.303 e. The molecule has 0 heterocycles. The van der Waals surface area contributed by atoms with E-state index in [-0.39, 0.29) is 0 Å². The van der Waals surface area contributed by atoms with Crippen molar-refractivity contribution in [2.75, 3.05) is 19.6 Å². The van der Waals surface area contributed by atoms with Gasteiger partial charge in [-0.3, -0.25) is 0 Å². The first kappa shape index (κ1) is 33.2. The minimum Gasteiger partial charge on any atom is -0.303 e. The lowest BCUT2D eigenvalue weighted by Crippen LogP contribution is -2.54. The fourth-order valence-electron chi connectivity index (χ4n) is 5.17. The van der Waals surface area contributed by atoms with Gasteiger partial charge >= 0.3 is 0 Å². The molecule has 1 nitrogen and oxygen atoms in total. The molecule has 0 aliphatic heterocycles. The van der Waals surface area contributed by atoms with Gasteiger partial charge in [0.05, 0.1) is 13.1 Å². The molecule has 0 saturated heterocycles. The minimum absolute atomic E-state index is 0.681. The highest BCUT2D eigenvalue weighted by Crippen LogP contribution is 2.27. The van der Waals surface area contributed by atoms with Crippen LogP contribution in [0, 0.1) is 12.3 Å². The molecule has 0 aliphatic rings. The standard InChI is InChI=1S/C31H61IN/c1-5-9-11-13-15-17-19-21-23-25-29-33(28-8-4,31(32)27-7-3)30-26-24-22-20-18-16-14-12-10-6-2/h4,31H,5-7,9-30H2,1-3H3/q+1. The van der Waals surface area contributed by atoms with Gasteiger partial charge in [0.2, 0.25) is 0 Å². The van der Waals surface area contributed by atoms with Crippen molar-refractivity contribution in [1.29, 1.82) is 0 Å². The van der Waals surface area contributed by atoms with E-state index >= 15 is 0 Å². The van der Waals surface area contributed by atoms with Crippen molar-refractivity contribution >= 4 is 22.6 Å². The monoisotopic (exact) mass is 574 g/mol. The minimum atomic E-state index is 0.681. The Morgan fingerprint density at radius 3 is 1.18 bits per heavy atom. The predicted octanol–water partition coefficient (Wildman–Crippen LogP) is 10.8. The molecular formula is C31H61IN+. The van der Waals surface area contributed by atoms with Gasteiger partial charge in [-0.2, -0.15) is 0 Å². The molecule has 196 valence electrons. The molecule has 0 N–H and O–H groups in total. The number of rotatable bonds is 26. The van der Waals surface area contributed by atoms with E-state index in [1.54, 1.807) is 0 Å². The summed E-state index contributed by atoms with van der Waals surface area (Å²) in [7, 11) is 0. The molecule has 2 heteroatoms. The van der Waals surface area contributed by atoms with Crippen LogP contribution in [0.4, 0.5) is 0 Å². The Labute approximate surface area is 224 Å². The first-order valence-corrected chi connectivity index (χ1v) is 16.3. The van der Waals surface area contributed by atoms with Crippen molar-refractivity contribution in [3.05, 3.63) is 0 Å². The summed E-state index contributed by atoms with van der Waals surface area (Å²) in [5, 5.41) is 0. The predicted molar refractivity (Wildman–Crippen MR) is 160 cm³/mol. The second kappa shape index (κ2) is 25.3. The highest BCUT2D eigenvalue weighted by molar-refractivity contribution is 14.1. The summed E-state index contributed by atoms with van der Waals surface area (Å²) in [6.07, 6.45) is 36.8. The van der Waals surface area contributed by atoms with Crippen LogP contribution in [0.1, 0.15) is 162 Å². The molecule has 1 atom stereocenters. The number of halogens is 1. The van der Waals surface area contributed by atoms with Crippen molar-refractivity contribution in [2.45, 2.75) is 166 Å². The zero-order valence-corrected chi connectivity index (χ0v) is 25.3. The Hall–Kier alpha value is 0.250. The first-order chi connectivity index (χ1) is 16.2.